The number of para-hydroxylation sites is 1. The van der Waals surface area contributed by atoms with Crippen molar-refractivity contribution in [2.75, 3.05) is 18.6 Å². The zero-order valence-electron chi connectivity index (χ0n) is 10.5. The van der Waals surface area contributed by atoms with Crippen LogP contribution < -0.4 is 4.90 Å². The van der Waals surface area contributed by atoms with Gasteiger partial charge in [0.15, 0.2) is 0 Å². The molecule has 4 nitrogen and oxygen atoms in total. The number of ether oxygens (including phenoxy) is 1. The number of halogens is 1. The quantitative estimate of drug-likeness (QED) is 0.755. The molecule has 0 unspecified atom stereocenters. The van der Waals surface area contributed by atoms with Gasteiger partial charge in [-0.1, -0.05) is 12.1 Å². The first-order valence-corrected chi connectivity index (χ1v) is 5.73. The molecule has 18 heavy (non-hydrogen) atoms. The number of carbonyl (C=O) groups is 2. The zero-order valence-corrected chi connectivity index (χ0v) is 10.5. The van der Waals surface area contributed by atoms with E-state index in [1.807, 2.05) is 0 Å². The Balaban J connectivity index is 2.57. The largest absolute Gasteiger partial charge is 0.466 e. The van der Waals surface area contributed by atoms with Gasteiger partial charge in [-0.3, -0.25) is 9.59 Å². The van der Waals surface area contributed by atoms with E-state index < -0.39 is 11.8 Å². The van der Waals surface area contributed by atoms with Crippen LogP contribution in [-0.4, -0.2) is 25.5 Å². The molecule has 0 radical (unpaired) electrons. The van der Waals surface area contributed by atoms with E-state index >= 15 is 0 Å². The minimum absolute atomic E-state index is 0.00364. The van der Waals surface area contributed by atoms with Crippen LogP contribution in [0.3, 0.4) is 0 Å². The molecule has 1 amide bonds. The predicted molar refractivity (Wildman–Crippen MR) is 65.7 cm³/mol. The van der Waals surface area contributed by atoms with Crippen molar-refractivity contribution in [2.24, 2.45) is 0 Å². The van der Waals surface area contributed by atoms with E-state index in [1.165, 1.54) is 24.1 Å². The maximum Gasteiger partial charge on any atom is 0.306 e. The lowest BCUT2D eigenvalue weighted by molar-refractivity contribution is -0.144. The lowest BCUT2D eigenvalue weighted by Gasteiger charge is -2.17. The van der Waals surface area contributed by atoms with Crippen LogP contribution in [0.4, 0.5) is 10.1 Å². The van der Waals surface area contributed by atoms with Crippen molar-refractivity contribution in [1.29, 1.82) is 0 Å². The summed E-state index contributed by atoms with van der Waals surface area (Å²) in [7, 11) is 1.48. The summed E-state index contributed by atoms with van der Waals surface area (Å²) in [6, 6.07) is 5.99. The molecule has 1 aromatic carbocycles. The molecule has 0 heterocycles. The number of rotatable bonds is 5. The highest BCUT2D eigenvalue weighted by atomic mass is 19.1. The Labute approximate surface area is 105 Å². The molecule has 98 valence electrons. The second kappa shape index (κ2) is 6.74. The van der Waals surface area contributed by atoms with Gasteiger partial charge in [0.1, 0.15) is 5.82 Å². The summed E-state index contributed by atoms with van der Waals surface area (Å²) in [4.78, 5) is 24.1. The van der Waals surface area contributed by atoms with Crippen molar-refractivity contribution in [1.82, 2.24) is 0 Å². The van der Waals surface area contributed by atoms with Crippen LogP contribution in [0.15, 0.2) is 24.3 Å². The normalized spacial score (nSPS) is 9.94. The highest BCUT2D eigenvalue weighted by molar-refractivity contribution is 5.94. The van der Waals surface area contributed by atoms with Gasteiger partial charge in [-0.25, -0.2) is 4.39 Å². The molecule has 1 aromatic rings. The maximum absolute atomic E-state index is 13.4. The zero-order chi connectivity index (χ0) is 13.5. The van der Waals surface area contributed by atoms with Gasteiger partial charge in [-0.05, 0) is 19.1 Å². The van der Waals surface area contributed by atoms with E-state index in [4.69, 9.17) is 4.74 Å². The van der Waals surface area contributed by atoms with Crippen molar-refractivity contribution >= 4 is 17.6 Å². The van der Waals surface area contributed by atoms with Gasteiger partial charge >= 0.3 is 5.97 Å². The molecule has 1 rings (SSSR count). The van der Waals surface area contributed by atoms with Crippen molar-refractivity contribution < 1.29 is 18.7 Å². The average molecular weight is 253 g/mol. The smallest absolute Gasteiger partial charge is 0.306 e. The average Bonchev–Trinajstić information content (AvgIpc) is 2.36. The van der Waals surface area contributed by atoms with E-state index in [9.17, 15) is 14.0 Å². The molecule has 0 N–H and O–H groups in total. The van der Waals surface area contributed by atoms with Gasteiger partial charge in [0, 0.05) is 13.5 Å². The fourth-order valence-corrected chi connectivity index (χ4v) is 1.47. The summed E-state index contributed by atoms with van der Waals surface area (Å²) in [5.41, 5.74) is 0.200. The Morgan fingerprint density at radius 2 is 1.94 bits per heavy atom. The minimum Gasteiger partial charge on any atom is -0.466 e. The second-order valence-corrected chi connectivity index (χ2v) is 3.71. The Kier molecular flexibility index (Phi) is 5.30. The molecule has 0 saturated heterocycles. The third-order valence-electron chi connectivity index (χ3n) is 2.44. The Morgan fingerprint density at radius 1 is 1.28 bits per heavy atom. The topological polar surface area (TPSA) is 46.6 Å². The first kappa shape index (κ1) is 14.2. The Bertz CT molecular complexity index is 434. The molecule has 0 atom stereocenters. The van der Waals surface area contributed by atoms with Gasteiger partial charge in [-0.2, -0.15) is 0 Å². The van der Waals surface area contributed by atoms with Gasteiger partial charge < -0.3 is 9.64 Å². The summed E-state index contributed by atoms with van der Waals surface area (Å²) in [6.07, 6.45) is 0.00906. The van der Waals surface area contributed by atoms with Crippen molar-refractivity contribution in [3.05, 3.63) is 30.1 Å². The Hall–Kier alpha value is -1.91. The maximum atomic E-state index is 13.4. The third kappa shape index (κ3) is 3.84. The summed E-state index contributed by atoms with van der Waals surface area (Å²) in [6.45, 7) is 1.99. The van der Waals surface area contributed by atoms with Crippen LogP contribution in [0.25, 0.3) is 0 Å². The van der Waals surface area contributed by atoms with Gasteiger partial charge in [-0.15, -0.1) is 0 Å². The molecule has 0 aromatic heterocycles. The molecule has 0 fully saturated rings. The number of anilines is 1. The summed E-state index contributed by atoms with van der Waals surface area (Å²) in [5.74, 6) is -1.22. The van der Waals surface area contributed by atoms with E-state index in [0.717, 1.165) is 0 Å². The molecular formula is C13H16FNO3. The lowest BCUT2D eigenvalue weighted by Crippen LogP contribution is -2.27. The molecule has 0 aliphatic heterocycles. The van der Waals surface area contributed by atoms with Crippen molar-refractivity contribution in [3.63, 3.8) is 0 Å². The summed E-state index contributed by atoms with van der Waals surface area (Å²) < 4.78 is 18.2. The van der Waals surface area contributed by atoms with Gasteiger partial charge in [0.05, 0.1) is 18.7 Å². The molecule has 0 aliphatic carbocycles. The van der Waals surface area contributed by atoms with E-state index in [1.54, 1.807) is 19.1 Å². The molecule has 5 heteroatoms. The fraction of sp³-hybridized carbons (Fsp3) is 0.385. The van der Waals surface area contributed by atoms with Gasteiger partial charge in [0.25, 0.3) is 0 Å². The van der Waals surface area contributed by atoms with E-state index in [-0.39, 0.29) is 31.0 Å². The standard InChI is InChI=1S/C13H16FNO3/c1-3-18-13(17)9-8-12(16)15(2)11-7-5-4-6-10(11)14/h4-7H,3,8-9H2,1-2H3. The molecular weight excluding hydrogens is 237 g/mol. The van der Waals surface area contributed by atoms with Crippen LogP contribution in [0.2, 0.25) is 0 Å². The lowest BCUT2D eigenvalue weighted by atomic mass is 10.2. The van der Waals surface area contributed by atoms with E-state index in [2.05, 4.69) is 0 Å². The minimum atomic E-state index is -0.468. The van der Waals surface area contributed by atoms with E-state index in [0.29, 0.717) is 0 Å². The van der Waals surface area contributed by atoms with Crippen LogP contribution in [0.5, 0.6) is 0 Å². The number of hydrogen-bond acceptors (Lipinski definition) is 3. The molecule has 0 aliphatic rings. The monoisotopic (exact) mass is 253 g/mol. The van der Waals surface area contributed by atoms with Crippen molar-refractivity contribution in [3.8, 4) is 0 Å². The Morgan fingerprint density at radius 3 is 2.56 bits per heavy atom. The predicted octanol–water partition coefficient (Wildman–Crippen LogP) is 2.13. The number of esters is 1. The van der Waals surface area contributed by atoms with Crippen LogP contribution in [0.1, 0.15) is 19.8 Å². The van der Waals surface area contributed by atoms with Crippen LogP contribution in [0, 0.1) is 5.82 Å². The van der Waals surface area contributed by atoms with Crippen molar-refractivity contribution in [2.45, 2.75) is 19.8 Å². The highest BCUT2D eigenvalue weighted by Gasteiger charge is 2.15. The molecule has 0 saturated carbocycles. The second-order valence-electron chi connectivity index (χ2n) is 3.71. The fourth-order valence-electron chi connectivity index (χ4n) is 1.47. The van der Waals surface area contributed by atoms with Crippen LogP contribution >= 0.6 is 0 Å². The number of carbonyl (C=O) groups excluding carboxylic acids is 2. The summed E-state index contributed by atoms with van der Waals surface area (Å²) >= 11 is 0. The molecule has 0 bridgehead atoms. The highest BCUT2D eigenvalue weighted by Crippen LogP contribution is 2.18. The number of benzene rings is 1. The first-order valence-electron chi connectivity index (χ1n) is 5.73. The van der Waals surface area contributed by atoms with Gasteiger partial charge in [0.2, 0.25) is 5.91 Å². The first-order chi connectivity index (χ1) is 8.56. The summed E-state index contributed by atoms with van der Waals surface area (Å²) in [5, 5.41) is 0. The SMILES string of the molecule is CCOC(=O)CCC(=O)N(C)c1ccccc1F. The number of amides is 1. The third-order valence-corrected chi connectivity index (χ3v) is 2.44. The molecule has 0 spiro atoms. The van der Waals surface area contributed by atoms with Crippen LogP contribution in [-0.2, 0) is 14.3 Å². The number of hydrogen-bond donors (Lipinski definition) is 0. The number of nitrogens with zero attached hydrogens (tertiary/aromatic N) is 1.